The highest BCUT2D eigenvalue weighted by atomic mass is 15.1. The third-order valence-corrected chi connectivity index (χ3v) is 12.1. The molecule has 0 radical (unpaired) electrons. The van der Waals surface area contributed by atoms with Gasteiger partial charge in [-0.15, -0.1) is 0 Å². The van der Waals surface area contributed by atoms with Crippen molar-refractivity contribution in [3.8, 4) is 33.4 Å². The van der Waals surface area contributed by atoms with Gasteiger partial charge in [-0.1, -0.05) is 152 Å². The molecule has 0 saturated heterocycles. The summed E-state index contributed by atoms with van der Waals surface area (Å²) in [5, 5.41) is 10.3. The van der Waals surface area contributed by atoms with E-state index in [1.807, 2.05) is 0 Å². The first-order chi connectivity index (χ1) is 28.1. The summed E-state index contributed by atoms with van der Waals surface area (Å²) < 4.78 is 0. The van der Waals surface area contributed by atoms with Gasteiger partial charge in [0.2, 0.25) is 0 Å². The molecule has 57 heavy (non-hydrogen) atoms. The number of hydrogen-bond acceptors (Lipinski definition) is 1. The van der Waals surface area contributed by atoms with Gasteiger partial charge in [0.1, 0.15) is 0 Å². The summed E-state index contributed by atoms with van der Waals surface area (Å²) in [6, 6.07) is 70.2. The molecule has 0 amide bonds. The van der Waals surface area contributed by atoms with Gasteiger partial charge in [-0.25, -0.2) is 0 Å². The Balaban J connectivity index is 1.29. The van der Waals surface area contributed by atoms with Crippen LogP contribution in [0, 0.1) is 13.8 Å². The molecule has 0 spiro atoms. The summed E-state index contributed by atoms with van der Waals surface area (Å²) in [6.07, 6.45) is 2.21. The van der Waals surface area contributed by atoms with Crippen LogP contribution >= 0.6 is 0 Å². The van der Waals surface area contributed by atoms with Crippen LogP contribution in [0.2, 0.25) is 0 Å². The Hall–Kier alpha value is -6.96. The Kier molecular flexibility index (Phi) is 7.82. The van der Waals surface area contributed by atoms with Gasteiger partial charge in [0.25, 0.3) is 0 Å². The van der Waals surface area contributed by atoms with Crippen LogP contribution in [-0.4, -0.2) is 0 Å². The molecular weight excluding hydrogens is 687 g/mol. The molecule has 1 nitrogen and oxygen atoms in total. The van der Waals surface area contributed by atoms with Crippen molar-refractivity contribution in [1.29, 1.82) is 0 Å². The Bertz CT molecular complexity index is 3150. The number of hydrogen-bond donors (Lipinski definition) is 0. The minimum Gasteiger partial charge on any atom is -0.310 e. The highest BCUT2D eigenvalue weighted by molar-refractivity contribution is 6.33. The molecule has 1 heteroatoms. The van der Waals surface area contributed by atoms with Crippen molar-refractivity contribution in [2.75, 3.05) is 4.90 Å². The zero-order valence-corrected chi connectivity index (χ0v) is 32.3. The smallest absolute Gasteiger partial charge is 0.0540 e. The average molecular weight is 728 g/mol. The predicted molar refractivity (Wildman–Crippen MR) is 244 cm³/mol. The number of nitrogens with zero attached hydrogens (tertiary/aromatic N) is 1. The Morgan fingerprint density at radius 3 is 1.63 bits per heavy atom. The highest BCUT2D eigenvalue weighted by Gasteiger charge is 2.25. The molecule has 0 heterocycles. The Morgan fingerprint density at radius 1 is 0.351 bits per heavy atom. The molecular formula is C56H41N. The Morgan fingerprint density at radius 2 is 0.930 bits per heavy atom. The third-order valence-electron chi connectivity index (χ3n) is 12.1. The summed E-state index contributed by atoms with van der Waals surface area (Å²) in [4.78, 5) is 2.51. The van der Waals surface area contributed by atoms with Gasteiger partial charge >= 0.3 is 0 Å². The van der Waals surface area contributed by atoms with Gasteiger partial charge in [0.05, 0.1) is 5.69 Å². The zero-order valence-electron chi connectivity index (χ0n) is 32.3. The lowest BCUT2D eigenvalue weighted by Crippen LogP contribution is -2.11. The highest BCUT2D eigenvalue weighted by Crippen LogP contribution is 2.51. The normalized spacial score (nSPS) is 12.2. The lowest BCUT2D eigenvalue weighted by molar-refractivity contribution is 1.02. The summed E-state index contributed by atoms with van der Waals surface area (Å²) in [6.45, 7) is 4.42. The standard InChI is InChI=1S/C56H41N/c1-36-31-37(2)33-44(32-36)57(52-30-27-42-26-25-41-21-14-24-48(52)53(41)42)43-28-29-47-51(34-43)45-22-12-13-23-46(45)55-50(39-17-8-4-9-18-39)35-49(38-15-6-3-7-16-38)54(56(47)55)40-19-10-5-11-20-40/h3-24,27-35H,25-26H2,1-2H3. The lowest BCUT2D eigenvalue weighted by atomic mass is 9.81. The molecule has 270 valence electrons. The molecule has 0 bridgehead atoms. The SMILES string of the molecule is Cc1cc(C)cc(N(c2ccc3c(c2)c2ccccc2c2c(-c4ccccc4)cc(-c4ccccc4)c(-c4ccccc4)c32)c2ccc3c4c(cccc24)CC3)c1. The first-order valence-corrected chi connectivity index (χ1v) is 20.1. The monoisotopic (exact) mass is 727 g/mol. The fraction of sp³-hybridized carbons (Fsp3) is 0.0714. The molecule has 1 aliphatic carbocycles. The van der Waals surface area contributed by atoms with Gasteiger partial charge < -0.3 is 4.90 Å². The van der Waals surface area contributed by atoms with E-state index in [1.54, 1.807) is 0 Å². The Labute approximate surface area is 334 Å². The van der Waals surface area contributed by atoms with Crippen LogP contribution in [0.15, 0.2) is 188 Å². The summed E-state index contributed by atoms with van der Waals surface area (Å²) in [5.74, 6) is 0. The van der Waals surface area contributed by atoms with Crippen LogP contribution in [0.3, 0.4) is 0 Å². The van der Waals surface area contributed by atoms with Crippen molar-refractivity contribution in [2.24, 2.45) is 0 Å². The maximum Gasteiger partial charge on any atom is 0.0540 e. The van der Waals surface area contributed by atoms with E-state index in [-0.39, 0.29) is 0 Å². The van der Waals surface area contributed by atoms with Crippen molar-refractivity contribution in [2.45, 2.75) is 26.7 Å². The second-order valence-corrected chi connectivity index (χ2v) is 15.7. The summed E-state index contributed by atoms with van der Waals surface area (Å²) in [5.41, 5.74) is 16.4. The van der Waals surface area contributed by atoms with E-state index in [9.17, 15) is 0 Å². The van der Waals surface area contributed by atoms with Gasteiger partial charge in [0, 0.05) is 16.8 Å². The summed E-state index contributed by atoms with van der Waals surface area (Å²) in [7, 11) is 0. The van der Waals surface area contributed by atoms with Crippen LogP contribution < -0.4 is 4.90 Å². The van der Waals surface area contributed by atoms with Crippen molar-refractivity contribution in [3.05, 3.63) is 210 Å². The van der Waals surface area contributed by atoms with E-state index in [0.717, 1.165) is 18.5 Å². The number of rotatable bonds is 6. The largest absolute Gasteiger partial charge is 0.310 e. The molecule has 0 saturated carbocycles. The minimum absolute atomic E-state index is 1.11. The first kappa shape index (κ1) is 33.4. The number of fused-ring (bicyclic) bond motifs is 6. The number of aryl methyl sites for hydroxylation is 4. The van der Waals surface area contributed by atoms with Crippen molar-refractivity contribution in [1.82, 2.24) is 0 Å². The second kappa shape index (κ2) is 13.4. The molecule has 11 rings (SSSR count). The maximum atomic E-state index is 2.51. The van der Waals surface area contributed by atoms with Crippen molar-refractivity contribution < 1.29 is 0 Å². The average Bonchev–Trinajstić information content (AvgIpc) is 3.69. The zero-order chi connectivity index (χ0) is 38.0. The quantitative estimate of drug-likeness (QED) is 0.154. The molecule has 0 fully saturated rings. The maximum absolute atomic E-state index is 2.51. The third kappa shape index (κ3) is 5.46. The van der Waals surface area contributed by atoms with Crippen LogP contribution in [0.4, 0.5) is 17.1 Å². The molecule has 0 aromatic heterocycles. The first-order valence-electron chi connectivity index (χ1n) is 20.1. The van der Waals surface area contributed by atoms with E-state index in [4.69, 9.17) is 0 Å². The van der Waals surface area contributed by atoms with E-state index in [1.165, 1.54) is 110 Å². The minimum atomic E-state index is 1.11. The number of benzene rings is 10. The number of anilines is 3. The predicted octanol–water partition coefficient (Wildman–Crippen LogP) is 15.5. The van der Waals surface area contributed by atoms with Crippen LogP contribution in [0.5, 0.6) is 0 Å². The van der Waals surface area contributed by atoms with Gasteiger partial charge in [0.15, 0.2) is 0 Å². The van der Waals surface area contributed by atoms with Crippen LogP contribution in [-0.2, 0) is 12.8 Å². The van der Waals surface area contributed by atoms with Crippen molar-refractivity contribution >= 4 is 60.2 Å². The van der Waals surface area contributed by atoms with Crippen LogP contribution in [0.1, 0.15) is 22.3 Å². The van der Waals surface area contributed by atoms with E-state index >= 15 is 0 Å². The second-order valence-electron chi connectivity index (χ2n) is 15.7. The topological polar surface area (TPSA) is 3.24 Å². The molecule has 0 unspecified atom stereocenters. The fourth-order valence-electron chi connectivity index (χ4n) is 9.81. The summed E-state index contributed by atoms with van der Waals surface area (Å²) >= 11 is 0. The van der Waals surface area contributed by atoms with Gasteiger partial charge in [-0.05, 0) is 156 Å². The van der Waals surface area contributed by atoms with Crippen molar-refractivity contribution in [3.63, 3.8) is 0 Å². The van der Waals surface area contributed by atoms with E-state index in [2.05, 4.69) is 207 Å². The molecule has 1 aliphatic rings. The molecule has 0 atom stereocenters. The van der Waals surface area contributed by atoms with E-state index in [0.29, 0.717) is 0 Å². The van der Waals surface area contributed by atoms with Gasteiger partial charge in [-0.2, -0.15) is 0 Å². The van der Waals surface area contributed by atoms with Crippen LogP contribution in [0.25, 0.3) is 76.5 Å². The lowest BCUT2D eigenvalue weighted by Gasteiger charge is -2.29. The van der Waals surface area contributed by atoms with Gasteiger partial charge in [-0.3, -0.25) is 0 Å². The molecule has 10 aromatic rings. The molecule has 0 aliphatic heterocycles. The molecule has 10 aromatic carbocycles. The van der Waals surface area contributed by atoms with E-state index < -0.39 is 0 Å². The molecule has 0 N–H and O–H groups in total. The fourth-order valence-corrected chi connectivity index (χ4v) is 9.81.